The van der Waals surface area contributed by atoms with Crippen LogP contribution in [0.3, 0.4) is 0 Å². The van der Waals surface area contributed by atoms with Gasteiger partial charge in [0.2, 0.25) is 0 Å². The Bertz CT molecular complexity index is 812. The molecule has 0 fully saturated rings. The number of hydrogen-bond acceptors (Lipinski definition) is 5. The van der Waals surface area contributed by atoms with Gasteiger partial charge in [0.1, 0.15) is 17.1 Å². The van der Waals surface area contributed by atoms with Crippen molar-refractivity contribution in [2.24, 2.45) is 0 Å². The van der Waals surface area contributed by atoms with Crippen molar-refractivity contribution in [1.82, 2.24) is 5.32 Å². The first-order chi connectivity index (χ1) is 11.3. The number of hydrogen-bond donors (Lipinski definition) is 5. The Hall–Kier alpha value is -3.55. The highest BCUT2D eigenvalue weighted by Gasteiger charge is 2.18. The van der Waals surface area contributed by atoms with Gasteiger partial charge in [0.05, 0.1) is 11.1 Å². The number of carbonyl (C=O) groups excluding carboxylic acids is 1. The van der Waals surface area contributed by atoms with Crippen LogP contribution in [-0.2, 0) is 6.54 Å². The average molecular weight is 331 g/mol. The zero-order valence-electron chi connectivity index (χ0n) is 12.2. The number of benzene rings is 2. The molecule has 24 heavy (non-hydrogen) atoms. The Morgan fingerprint density at radius 2 is 1.38 bits per heavy atom. The van der Waals surface area contributed by atoms with E-state index in [9.17, 15) is 24.6 Å². The second kappa shape index (κ2) is 6.69. The molecule has 0 saturated carbocycles. The van der Waals surface area contributed by atoms with E-state index in [-0.39, 0.29) is 17.7 Å². The lowest BCUT2D eigenvalue weighted by atomic mass is 10.1. The van der Waals surface area contributed by atoms with Gasteiger partial charge in [0.15, 0.2) is 0 Å². The van der Waals surface area contributed by atoms with Crippen molar-refractivity contribution in [3.8, 4) is 11.5 Å². The third kappa shape index (κ3) is 3.61. The SMILES string of the molecule is O=C(O)c1ccc(CNC(=O)c2cc(O)c(C(=O)O)cc2O)cc1. The molecular weight excluding hydrogens is 318 g/mol. The monoisotopic (exact) mass is 331 g/mol. The number of carboxylic acid groups (broad SMARTS) is 2. The van der Waals surface area contributed by atoms with E-state index in [1.165, 1.54) is 24.3 Å². The van der Waals surface area contributed by atoms with E-state index < -0.39 is 34.9 Å². The zero-order valence-corrected chi connectivity index (χ0v) is 12.2. The average Bonchev–Trinajstić information content (AvgIpc) is 2.54. The molecule has 0 heterocycles. The summed E-state index contributed by atoms with van der Waals surface area (Å²) in [7, 11) is 0. The summed E-state index contributed by atoms with van der Waals surface area (Å²) in [5.41, 5.74) is -0.0657. The molecule has 2 aromatic rings. The van der Waals surface area contributed by atoms with Crippen LogP contribution in [0.5, 0.6) is 11.5 Å². The van der Waals surface area contributed by atoms with Crippen molar-refractivity contribution < 1.29 is 34.8 Å². The molecule has 8 heteroatoms. The lowest BCUT2D eigenvalue weighted by Gasteiger charge is -2.09. The molecule has 0 spiro atoms. The van der Waals surface area contributed by atoms with Crippen molar-refractivity contribution in [3.63, 3.8) is 0 Å². The van der Waals surface area contributed by atoms with Crippen molar-refractivity contribution in [2.45, 2.75) is 6.54 Å². The molecule has 0 unspecified atom stereocenters. The molecule has 1 amide bonds. The summed E-state index contributed by atoms with van der Waals surface area (Å²) in [6.45, 7) is 0.0552. The fraction of sp³-hybridized carbons (Fsp3) is 0.0625. The van der Waals surface area contributed by atoms with Gasteiger partial charge in [-0.15, -0.1) is 0 Å². The molecule has 5 N–H and O–H groups in total. The van der Waals surface area contributed by atoms with Gasteiger partial charge in [-0.1, -0.05) is 12.1 Å². The van der Waals surface area contributed by atoms with Crippen LogP contribution in [-0.4, -0.2) is 38.3 Å². The molecule has 0 aliphatic heterocycles. The van der Waals surface area contributed by atoms with Gasteiger partial charge in [-0.05, 0) is 29.8 Å². The van der Waals surface area contributed by atoms with Gasteiger partial charge in [-0.3, -0.25) is 4.79 Å². The number of aromatic hydroxyl groups is 2. The highest BCUT2D eigenvalue weighted by molar-refractivity contribution is 6.00. The molecule has 0 bridgehead atoms. The highest BCUT2D eigenvalue weighted by atomic mass is 16.4. The summed E-state index contributed by atoms with van der Waals surface area (Å²) in [6, 6.07) is 7.46. The topological polar surface area (TPSA) is 144 Å². The Balaban J connectivity index is 2.11. The minimum Gasteiger partial charge on any atom is -0.507 e. The first-order valence-corrected chi connectivity index (χ1v) is 6.69. The Morgan fingerprint density at radius 3 is 1.92 bits per heavy atom. The highest BCUT2D eigenvalue weighted by Crippen LogP contribution is 2.27. The van der Waals surface area contributed by atoms with E-state index in [2.05, 4.69) is 5.32 Å². The molecule has 0 radical (unpaired) electrons. The van der Waals surface area contributed by atoms with Crippen molar-refractivity contribution in [1.29, 1.82) is 0 Å². The number of carboxylic acids is 2. The van der Waals surface area contributed by atoms with Crippen LogP contribution in [0.1, 0.15) is 36.6 Å². The molecule has 2 aromatic carbocycles. The summed E-state index contributed by atoms with van der Waals surface area (Å²) in [6.07, 6.45) is 0. The van der Waals surface area contributed by atoms with Crippen LogP contribution in [0, 0.1) is 0 Å². The maximum Gasteiger partial charge on any atom is 0.339 e. The molecule has 0 saturated heterocycles. The van der Waals surface area contributed by atoms with Gasteiger partial charge in [-0.25, -0.2) is 9.59 Å². The van der Waals surface area contributed by atoms with Gasteiger partial charge in [-0.2, -0.15) is 0 Å². The Kier molecular flexibility index (Phi) is 4.69. The van der Waals surface area contributed by atoms with Crippen LogP contribution in [0.2, 0.25) is 0 Å². The number of phenols is 2. The standard InChI is InChI=1S/C16H13NO7/c18-12-6-11(16(23)24)13(19)5-10(12)14(20)17-7-8-1-3-9(4-2-8)15(21)22/h1-6,18-19H,7H2,(H,17,20)(H,21,22)(H,23,24). The molecule has 0 aliphatic carbocycles. The van der Waals surface area contributed by atoms with E-state index in [1.807, 2.05) is 0 Å². The van der Waals surface area contributed by atoms with E-state index in [1.54, 1.807) is 0 Å². The summed E-state index contributed by atoms with van der Waals surface area (Å²) in [4.78, 5) is 33.6. The van der Waals surface area contributed by atoms with Crippen LogP contribution < -0.4 is 5.32 Å². The molecule has 0 aliphatic rings. The normalized spacial score (nSPS) is 10.2. The van der Waals surface area contributed by atoms with Crippen LogP contribution in [0.4, 0.5) is 0 Å². The van der Waals surface area contributed by atoms with Crippen LogP contribution >= 0.6 is 0 Å². The van der Waals surface area contributed by atoms with Crippen molar-refractivity contribution >= 4 is 17.8 Å². The van der Waals surface area contributed by atoms with Crippen molar-refractivity contribution in [2.75, 3.05) is 0 Å². The van der Waals surface area contributed by atoms with E-state index in [0.717, 1.165) is 12.1 Å². The number of nitrogens with one attached hydrogen (secondary N) is 1. The Morgan fingerprint density at radius 1 is 0.833 bits per heavy atom. The molecular formula is C16H13NO7. The predicted molar refractivity (Wildman–Crippen MR) is 81.3 cm³/mol. The molecule has 8 nitrogen and oxygen atoms in total. The van der Waals surface area contributed by atoms with Gasteiger partial charge >= 0.3 is 11.9 Å². The van der Waals surface area contributed by atoms with Gasteiger partial charge < -0.3 is 25.7 Å². The quantitative estimate of drug-likeness (QED) is 0.521. The van der Waals surface area contributed by atoms with Crippen LogP contribution in [0.15, 0.2) is 36.4 Å². The number of amides is 1. The number of rotatable bonds is 5. The fourth-order valence-electron chi connectivity index (χ4n) is 1.97. The minimum absolute atomic E-state index is 0.0552. The third-order valence-electron chi connectivity index (χ3n) is 3.24. The maximum absolute atomic E-state index is 12.0. The smallest absolute Gasteiger partial charge is 0.339 e. The second-order valence-electron chi connectivity index (χ2n) is 4.88. The molecule has 0 aromatic heterocycles. The summed E-state index contributed by atoms with van der Waals surface area (Å²) in [5, 5.41) is 39.4. The summed E-state index contributed by atoms with van der Waals surface area (Å²) >= 11 is 0. The van der Waals surface area contributed by atoms with Crippen molar-refractivity contribution in [3.05, 3.63) is 58.7 Å². The largest absolute Gasteiger partial charge is 0.507 e. The second-order valence-corrected chi connectivity index (χ2v) is 4.88. The van der Waals surface area contributed by atoms with Gasteiger partial charge in [0, 0.05) is 6.54 Å². The van der Waals surface area contributed by atoms with E-state index in [0.29, 0.717) is 5.56 Å². The Labute approximate surface area is 135 Å². The zero-order chi connectivity index (χ0) is 17.9. The lowest BCUT2D eigenvalue weighted by molar-refractivity contribution is 0.0684. The van der Waals surface area contributed by atoms with Crippen LogP contribution in [0.25, 0.3) is 0 Å². The maximum atomic E-state index is 12.0. The molecule has 0 atom stereocenters. The van der Waals surface area contributed by atoms with Gasteiger partial charge in [0.25, 0.3) is 5.91 Å². The molecule has 124 valence electrons. The number of aromatic carboxylic acids is 2. The first kappa shape index (κ1) is 16.8. The number of carbonyl (C=O) groups is 3. The van der Waals surface area contributed by atoms with E-state index in [4.69, 9.17) is 10.2 Å². The minimum atomic E-state index is -1.44. The van der Waals surface area contributed by atoms with E-state index >= 15 is 0 Å². The fourth-order valence-corrected chi connectivity index (χ4v) is 1.97. The first-order valence-electron chi connectivity index (χ1n) is 6.69. The summed E-state index contributed by atoms with van der Waals surface area (Å²) < 4.78 is 0. The third-order valence-corrected chi connectivity index (χ3v) is 3.24. The summed E-state index contributed by atoms with van der Waals surface area (Å²) in [5.74, 6) is -4.44. The predicted octanol–water partition coefficient (Wildman–Crippen LogP) is 1.42. The lowest BCUT2D eigenvalue weighted by Crippen LogP contribution is -2.23. The number of phenolic OH excluding ortho intramolecular Hbond substituents is 1. The molecule has 2 rings (SSSR count).